The third-order valence-corrected chi connectivity index (χ3v) is 5.39. The van der Waals surface area contributed by atoms with Crippen molar-refractivity contribution in [3.63, 3.8) is 0 Å². The summed E-state index contributed by atoms with van der Waals surface area (Å²) in [4.78, 5) is 16.7. The predicted molar refractivity (Wildman–Crippen MR) is 108 cm³/mol. The first-order valence-electron chi connectivity index (χ1n) is 8.67. The fourth-order valence-corrected chi connectivity index (χ4v) is 3.50. The van der Waals surface area contributed by atoms with Crippen molar-refractivity contribution in [3.05, 3.63) is 76.9 Å². The zero-order chi connectivity index (χ0) is 20.1. The summed E-state index contributed by atoms with van der Waals surface area (Å²) in [5.74, 6) is 0.127. The van der Waals surface area contributed by atoms with E-state index in [0.29, 0.717) is 17.9 Å². The van der Waals surface area contributed by atoms with Gasteiger partial charge in [-0.15, -0.1) is 0 Å². The van der Waals surface area contributed by atoms with Crippen LogP contribution in [0.25, 0.3) is 0 Å². The molecule has 0 radical (unpaired) electrons. The van der Waals surface area contributed by atoms with Crippen molar-refractivity contribution in [2.75, 3.05) is 11.1 Å². The number of amides is 1. The molecular weight excluding hydrogens is 375 g/mol. The van der Waals surface area contributed by atoms with Crippen molar-refractivity contribution in [3.8, 4) is 6.07 Å². The molecule has 28 heavy (non-hydrogen) atoms. The van der Waals surface area contributed by atoms with Gasteiger partial charge in [0.25, 0.3) is 0 Å². The Bertz CT molecular complexity index is 1020. The molecule has 0 aliphatic rings. The molecule has 2 aromatic heterocycles. The summed E-state index contributed by atoms with van der Waals surface area (Å²) in [7, 11) is 0. The van der Waals surface area contributed by atoms with Crippen molar-refractivity contribution in [1.82, 2.24) is 9.55 Å². The number of benzene rings is 1. The first-order chi connectivity index (χ1) is 13.5. The number of anilines is 1. The molecule has 0 atom stereocenters. The number of pyridine rings is 1. The number of halogens is 1. The van der Waals surface area contributed by atoms with Crippen LogP contribution in [0.4, 0.5) is 10.2 Å². The van der Waals surface area contributed by atoms with E-state index >= 15 is 0 Å². The minimum Gasteiger partial charge on any atom is -0.326 e. The first-order valence-corrected chi connectivity index (χ1v) is 9.66. The highest BCUT2D eigenvalue weighted by Gasteiger charge is 2.20. The van der Waals surface area contributed by atoms with Gasteiger partial charge in [-0.1, -0.05) is 30.0 Å². The molecule has 1 aromatic carbocycles. The van der Waals surface area contributed by atoms with Crippen LogP contribution in [-0.2, 0) is 11.3 Å². The molecular formula is C21H19FN4OS. The second-order valence-corrected chi connectivity index (χ2v) is 7.26. The van der Waals surface area contributed by atoms with Gasteiger partial charge in [0.2, 0.25) is 5.91 Å². The molecule has 7 heteroatoms. The van der Waals surface area contributed by atoms with Crippen molar-refractivity contribution in [2.24, 2.45) is 0 Å². The third kappa shape index (κ3) is 4.41. The van der Waals surface area contributed by atoms with Crippen LogP contribution in [0.3, 0.4) is 0 Å². The van der Waals surface area contributed by atoms with E-state index in [1.807, 2.05) is 36.6 Å². The maximum atomic E-state index is 13.2. The molecule has 0 fully saturated rings. The lowest BCUT2D eigenvalue weighted by Crippen LogP contribution is -2.18. The second-order valence-electron chi connectivity index (χ2n) is 6.26. The van der Waals surface area contributed by atoms with Crippen molar-refractivity contribution >= 4 is 23.5 Å². The number of hydrogen-bond donors (Lipinski definition) is 1. The number of carbonyl (C=O) groups is 1. The monoisotopic (exact) mass is 394 g/mol. The number of nitrogens with zero attached hydrogens (tertiary/aromatic N) is 3. The maximum absolute atomic E-state index is 13.2. The van der Waals surface area contributed by atoms with Gasteiger partial charge >= 0.3 is 0 Å². The van der Waals surface area contributed by atoms with E-state index in [4.69, 9.17) is 0 Å². The number of aromatic nitrogens is 2. The fourth-order valence-electron chi connectivity index (χ4n) is 2.84. The minimum atomic E-state index is -0.304. The highest BCUT2D eigenvalue weighted by atomic mass is 32.2. The van der Waals surface area contributed by atoms with E-state index in [9.17, 15) is 14.4 Å². The van der Waals surface area contributed by atoms with Crippen LogP contribution in [0.5, 0.6) is 0 Å². The van der Waals surface area contributed by atoms with Crippen LogP contribution in [0.2, 0.25) is 0 Å². The Hall–Kier alpha value is -3.11. The van der Waals surface area contributed by atoms with Crippen molar-refractivity contribution < 1.29 is 9.18 Å². The van der Waals surface area contributed by atoms with Crippen LogP contribution in [-0.4, -0.2) is 21.2 Å². The number of nitrogens with one attached hydrogen (secondary N) is 1. The van der Waals surface area contributed by atoms with E-state index in [-0.39, 0.29) is 17.5 Å². The molecule has 0 aliphatic heterocycles. The molecule has 3 rings (SSSR count). The van der Waals surface area contributed by atoms with Gasteiger partial charge in [0.05, 0.1) is 16.3 Å². The molecule has 0 spiro atoms. The molecule has 5 nitrogen and oxygen atoms in total. The molecule has 0 bridgehead atoms. The Balaban J connectivity index is 1.82. The molecule has 0 unspecified atom stereocenters. The number of thioether (sulfide) groups is 1. The van der Waals surface area contributed by atoms with Gasteiger partial charge in [-0.05, 0) is 49.2 Å². The predicted octanol–water partition coefficient (Wildman–Crippen LogP) is 4.29. The summed E-state index contributed by atoms with van der Waals surface area (Å²) in [5, 5.41) is 13.2. The number of nitriles is 1. The Labute approximate surface area is 167 Å². The van der Waals surface area contributed by atoms with Gasteiger partial charge in [0.15, 0.2) is 0 Å². The zero-order valence-corrected chi connectivity index (χ0v) is 16.4. The number of hydrogen-bond acceptors (Lipinski definition) is 4. The average Bonchev–Trinajstić information content (AvgIpc) is 2.92. The van der Waals surface area contributed by atoms with E-state index in [0.717, 1.165) is 21.8 Å². The SMILES string of the molecule is Cc1c(C#N)c(NC(=O)CSc2ccccn2)n(Cc2ccc(F)cc2)c1C. The van der Waals surface area contributed by atoms with E-state index in [1.54, 1.807) is 18.3 Å². The van der Waals surface area contributed by atoms with Gasteiger partial charge < -0.3 is 9.88 Å². The van der Waals surface area contributed by atoms with Crippen LogP contribution >= 0.6 is 11.8 Å². The smallest absolute Gasteiger partial charge is 0.235 e. The summed E-state index contributed by atoms with van der Waals surface area (Å²) < 4.78 is 15.1. The molecule has 2 heterocycles. The molecule has 1 amide bonds. The zero-order valence-electron chi connectivity index (χ0n) is 15.6. The van der Waals surface area contributed by atoms with Gasteiger partial charge in [-0.25, -0.2) is 9.37 Å². The minimum absolute atomic E-state index is 0.182. The summed E-state index contributed by atoms with van der Waals surface area (Å²) >= 11 is 1.33. The normalized spacial score (nSPS) is 10.5. The lowest BCUT2D eigenvalue weighted by atomic mass is 10.2. The van der Waals surface area contributed by atoms with Crippen LogP contribution in [0.1, 0.15) is 22.4 Å². The van der Waals surface area contributed by atoms with E-state index in [1.165, 1.54) is 23.9 Å². The Morgan fingerprint density at radius 1 is 1.25 bits per heavy atom. The summed E-state index contributed by atoms with van der Waals surface area (Å²) in [5.41, 5.74) is 3.02. The molecule has 0 saturated heterocycles. The Morgan fingerprint density at radius 2 is 2.00 bits per heavy atom. The fraction of sp³-hybridized carbons (Fsp3) is 0.190. The van der Waals surface area contributed by atoms with Gasteiger partial charge in [-0.2, -0.15) is 5.26 Å². The van der Waals surface area contributed by atoms with Crippen LogP contribution in [0.15, 0.2) is 53.7 Å². The molecule has 0 saturated carbocycles. The van der Waals surface area contributed by atoms with Crippen molar-refractivity contribution in [2.45, 2.75) is 25.4 Å². The summed E-state index contributed by atoms with van der Waals surface area (Å²) in [6, 6.07) is 13.9. The standard InChI is InChI=1S/C21H19FN4OS/c1-14-15(2)26(12-16-6-8-17(22)9-7-16)21(18(14)11-23)25-19(27)13-28-20-5-3-4-10-24-20/h3-10H,12-13H2,1-2H3,(H,25,27). The lowest BCUT2D eigenvalue weighted by Gasteiger charge is -2.13. The third-order valence-electron chi connectivity index (χ3n) is 4.44. The first kappa shape index (κ1) is 19.6. The number of rotatable bonds is 6. The highest BCUT2D eigenvalue weighted by Crippen LogP contribution is 2.28. The van der Waals surface area contributed by atoms with Gasteiger partial charge in [0.1, 0.15) is 17.7 Å². The van der Waals surface area contributed by atoms with Crippen LogP contribution in [0, 0.1) is 31.0 Å². The van der Waals surface area contributed by atoms with E-state index in [2.05, 4.69) is 16.4 Å². The topological polar surface area (TPSA) is 70.7 Å². The Morgan fingerprint density at radius 3 is 2.64 bits per heavy atom. The van der Waals surface area contributed by atoms with Gasteiger partial charge in [-0.3, -0.25) is 4.79 Å². The van der Waals surface area contributed by atoms with Gasteiger partial charge in [0, 0.05) is 18.4 Å². The highest BCUT2D eigenvalue weighted by molar-refractivity contribution is 7.99. The largest absolute Gasteiger partial charge is 0.326 e. The lowest BCUT2D eigenvalue weighted by molar-refractivity contribution is -0.113. The second kappa shape index (κ2) is 8.72. The summed E-state index contributed by atoms with van der Waals surface area (Å²) in [6.45, 7) is 4.18. The van der Waals surface area contributed by atoms with Crippen molar-refractivity contribution in [1.29, 1.82) is 5.26 Å². The maximum Gasteiger partial charge on any atom is 0.235 e. The number of carbonyl (C=O) groups excluding carboxylic acids is 1. The quantitative estimate of drug-likeness (QED) is 0.633. The molecule has 0 aliphatic carbocycles. The van der Waals surface area contributed by atoms with E-state index < -0.39 is 0 Å². The summed E-state index contributed by atoms with van der Waals surface area (Å²) in [6.07, 6.45) is 1.68. The Kier molecular flexibility index (Phi) is 6.12. The van der Waals surface area contributed by atoms with Crippen LogP contribution < -0.4 is 5.32 Å². The average molecular weight is 394 g/mol. The molecule has 142 valence electrons. The molecule has 3 aromatic rings. The molecule has 1 N–H and O–H groups in total.